The van der Waals surface area contributed by atoms with Crippen molar-refractivity contribution in [1.82, 2.24) is 9.78 Å². The first kappa shape index (κ1) is 12.3. The Morgan fingerprint density at radius 3 is 2.67 bits per heavy atom. The van der Waals surface area contributed by atoms with Gasteiger partial charge in [0.25, 0.3) is 0 Å². The molecule has 2 rings (SSSR count). The lowest BCUT2D eigenvalue weighted by Crippen LogP contribution is -2.18. The first-order chi connectivity index (χ1) is 8.61. The lowest BCUT2D eigenvalue weighted by atomic mass is 10.2. The van der Waals surface area contributed by atoms with E-state index in [0.29, 0.717) is 10.7 Å². The van der Waals surface area contributed by atoms with Gasteiger partial charge >= 0.3 is 0 Å². The van der Waals surface area contributed by atoms with Crippen LogP contribution in [0.3, 0.4) is 0 Å². The second-order valence-corrected chi connectivity index (χ2v) is 4.26. The Balaban J connectivity index is 2.57. The molecule has 0 saturated heterocycles. The van der Waals surface area contributed by atoms with Crippen LogP contribution in [0.1, 0.15) is 11.4 Å². The van der Waals surface area contributed by atoms with Gasteiger partial charge in [0.1, 0.15) is 5.69 Å². The van der Waals surface area contributed by atoms with E-state index in [1.165, 1.54) is 6.07 Å². The third-order valence-corrected chi connectivity index (χ3v) is 2.75. The zero-order valence-corrected chi connectivity index (χ0v) is 10.5. The molecule has 1 heterocycles. The summed E-state index contributed by atoms with van der Waals surface area (Å²) in [7, 11) is 0. The molecule has 5 heteroatoms. The van der Waals surface area contributed by atoms with Gasteiger partial charge in [0.2, 0.25) is 5.43 Å². The maximum absolute atomic E-state index is 11.6. The predicted molar refractivity (Wildman–Crippen MR) is 68.9 cm³/mol. The summed E-state index contributed by atoms with van der Waals surface area (Å²) in [6, 6.07) is 10.5. The molecule has 0 bridgehead atoms. The van der Waals surface area contributed by atoms with Gasteiger partial charge in [0, 0.05) is 16.8 Å². The number of hydrogen-bond acceptors (Lipinski definition) is 3. The van der Waals surface area contributed by atoms with Gasteiger partial charge in [-0.05, 0) is 31.2 Å². The summed E-state index contributed by atoms with van der Waals surface area (Å²) in [5.74, 6) is 0. The van der Waals surface area contributed by atoms with Crippen LogP contribution >= 0.6 is 11.6 Å². The molecule has 4 nitrogen and oxygen atoms in total. The fourth-order valence-electron chi connectivity index (χ4n) is 1.62. The van der Waals surface area contributed by atoms with Crippen molar-refractivity contribution in [2.24, 2.45) is 0 Å². The molecule has 0 N–H and O–H groups in total. The largest absolute Gasteiger partial charge is 0.288 e. The summed E-state index contributed by atoms with van der Waals surface area (Å²) in [6.07, 6.45) is 0.00665. The minimum Gasteiger partial charge on any atom is -0.288 e. The van der Waals surface area contributed by atoms with Crippen LogP contribution < -0.4 is 5.43 Å². The number of rotatable bonds is 2. The molecule has 0 unspecified atom stereocenters. The van der Waals surface area contributed by atoms with Crippen LogP contribution in [0.5, 0.6) is 0 Å². The maximum Gasteiger partial charge on any atom is 0.204 e. The van der Waals surface area contributed by atoms with Gasteiger partial charge in [0.05, 0.1) is 18.2 Å². The molecule has 0 aliphatic carbocycles. The average molecular weight is 260 g/mol. The van der Waals surface area contributed by atoms with Gasteiger partial charge in [-0.3, -0.25) is 4.79 Å². The lowest BCUT2D eigenvalue weighted by molar-refractivity contribution is 0.767. The van der Waals surface area contributed by atoms with E-state index in [1.54, 1.807) is 23.7 Å². The number of halogens is 1. The van der Waals surface area contributed by atoms with E-state index in [2.05, 4.69) is 5.10 Å². The molecule has 18 heavy (non-hydrogen) atoms. The van der Waals surface area contributed by atoms with E-state index in [9.17, 15) is 4.79 Å². The number of nitrogens with zero attached hydrogens (tertiary/aromatic N) is 3. The Bertz CT molecular complexity index is 668. The van der Waals surface area contributed by atoms with E-state index in [0.717, 1.165) is 5.69 Å². The van der Waals surface area contributed by atoms with E-state index in [1.807, 2.05) is 18.2 Å². The number of aryl methyl sites for hydroxylation is 1. The van der Waals surface area contributed by atoms with Crippen molar-refractivity contribution in [2.45, 2.75) is 13.3 Å². The van der Waals surface area contributed by atoms with Crippen LogP contribution in [-0.2, 0) is 6.42 Å². The van der Waals surface area contributed by atoms with E-state index in [4.69, 9.17) is 16.9 Å². The fourth-order valence-corrected chi connectivity index (χ4v) is 1.75. The van der Waals surface area contributed by atoms with Gasteiger partial charge in [-0.1, -0.05) is 11.6 Å². The molecule has 1 aromatic heterocycles. The number of hydrogen-bond donors (Lipinski definition) is 0. The molecular formula is C13H10ClN3O. The van der Waals surface area contributed by atoms with Crippen LogP contribution in [0.4, 0.5) is 0 Å². The molecule has 0 aliphatic heterocycles. The lowest BCUT2D eigenvalue weighted by Gasteiger charge is -2.10. The number of nitriles is 1. The van der Waals surface area contributed by atoms with Crippen LogP contribution in [-0.4, -0.2) is 9.78 Å². The van der Waals surface area contributed by atoms with Crippen molar-refractivity contribution in [3.63, 3.8) is 0 Å². The van der Waals surface area contributed by atoms with Gasteiger partial charge in [0.15, 0.2) is 0 Å². The molecule has 1 aromatic carbocycles. The standard InChI is InChI=1S/C13H10ClN3O/c1-9-8-13(18)12(6-7-15)16-17(9)11-4-2-10(14)3-5-11/h2-5,8H,6H2,1H3. The summed E-state index contributed by atoms with van der Waals surface area (Å²) >= 11 is 5.82. The summed E-state index contributed by atoms with van der Waals surface area (Å²) in [6.45, 7) is 1.79. The molecule has 0 atom stereocenters. The quantitative estimate of drug-likeness (QED) is 0.831. The van der Waals surface area contributed by atoms with Crippen LogP contribution in [0.2, 0.25) is 5.02 Å². The first-order valence-electron chi connectivity index (χ1n) is 5.34. The van der Waals surface area contributed by atoms with Crippen molar-refractivity contribution in [3.05, 3.63) is 57.0 Å². The molecule has 2 aromatic rings. The molecular weight excluding hydrogens is 250 g/mol. The minimum absolute atomic E-state index is 0.00665. The van der Waals surface area contributed by atoms with Crippen LogP contribution in [0.15, 0.2) is 35.1 Å². The summed E-state index contributed by atoms with van der Waals surface area (Å²) in [5.41, 5.74) is 1.55. The molecule has 0 aliphatic rings. The Hall–Kier alpha value is -2.12. The van der Waals surface area contributed by atoms with Crippen molar-refractivity contribution in [3.8, 4) is 11.8 Å². The van der Waals surface area contributed by atoms with Crippen molar-refractivity contribution in [1.29, 1.82) is 5.26 Å². The Labute approximate surface area is 109 Å². The number of aromatic nitrogens is 2. The van der Waals surface area contributed by atoms with Crippen molar-refractivity contribution >= 4 is 11.6 Å². The van der Waals surface area contributed by atoms with Crippen molar-refractivity contribution < 1.29 is 0 Å². The topological polar surface area (TPSA) is 58.7 Å². The molecule has 0 spiro atoms. The highest BCUT2D eigenvalue weighted by atomic mass is 35.5. The number of benzene rings is 1. The van der Waals surface area contributed by atoms with Crippen molar-refractivity contribution in [2.75, 3.05) is 0 Å². The highest BCUT2D eigenvalue weighted by Crippen LogP contribution is 2.13. The third-order valence-electron chi connectivity index (χ3n) is 2.50. The average Bonchev–Trinajstić information content (AvgIpc) is 2.34. The minimum atomic E-state index is -0.209. The summed E-state index contributed by atoms with van der Waals surface area (Å²) in [4.78, 5) is 11.6. The Morgan fingerprint density at radius 2 is 2.06 bits per heavy atom. The molecule has 0 saturated carbocycles. The molecule has 0 fully saturated rings. The van der Waals surface area contributed by atoms with E-state index < -0.39 is 0 Å². The smallest absolute Gasteiger partial charge is 0.204 e. The van der Waals surface area contributed by atoms with Crippen LogP contribution in [0, 0.1) is 18.3 Å². The molecule has 0 radical (unpaired) electrons. The SMILES string of the molecule is Cc1cc(=O)c(CC#N)nn1-c1ccc(Cl)cc1. The van der Waals surface area contributed by atoms with E-state index in [-0.39, 0.29) is 17.5 Å². The normalized spacial score (nSPS) is 10.1. The van der Waals surface area contributed by atoms with Gasteiger partial charge in [-0.2, -0.15) is 10.4 Å². The van der Waals surface area contributed by atoms with E-state index >= 15 is 0 Å². The zero-order chi connectivity index (χ0) is 13.1. The molecule has 90 valence electrons. The van der Waals surface area contributed by atoms with Gasteiger partial charge in [-0.25, -0.2) is 4.68 Å². The first-order valence-corrected chi connectivity index (χ1v) is 5.72. The maximum atomic E-state index is 11.6. The fraction of sp³-hybridized carbons (Fsp3) is 0.154. The third kappa shape index (κ3) is 2.41. The summed E-state index contributed by atoms with van der Waals surface area (Å²) < 4.78 is 1.63. The predicted octanol–water partition coefficient (Wildman–Crippen LogP) is 2.26. The second kappa shape index (κ2) is 5.03. The monoisotopic (exact) mass is 259 g/mol. The summed E-state index contributed by atoms with van der Waals surface area (Å²) in [5, 5.41) is 13.5. The molecule has 0 amide bonds. The highest BCUT2D eigenvalue weighted by molar-refractivity contribution is 6.30. The Morgan fingerprint density at radius 1 is 1.39 bits per heavy atom. The Kier molecular flexibility index (Phi) is 3.45. The van der Waals surface area contributed by atoms with Gasteiger partial charge < -0.3 is 0 Å². The zero-order valence-electron chi connectivity index (χ0n) is 9.72. The van der Waals surface area contributed by atoms with Gasteiger partial charge in [-0.15, -0.1) is 0 Å². The second-order valence-electron chi connectivity index (χ2n) is 3.82. The van der Waals surface area contributed by atoms with Crippen LogP contribution in [0.25, 0.3) is 5.69 Å². The highest BCUT2D eigenvalue weighted by Gasteiger charge is 2.07.